The number of phenols is 1. The number of phenolic OH excluding ortho intramolecular Hbond substituents is 1. The van der Waals surface area contributed by atoms with Crippen LogP contribution in [0, 0.1) is 6.92 Å². The van der Waals surface area contributed by atoms with Crippen molar-refractivity contribution in [3.63, 3.8) is 0 Å². The molecule has 2 N–H and O–H groups in total. The van der Waals surface area contributed by atoms with Crippen LogP contribution in [0.4, 0.5) is 0 Å². The topological polar surface area (TPSA) is 55.8 Å². The molecule has 1 aliphatic rings. The molecule has 1 aromatic carbocycles. The summed E-state index contributed by atoms with van der Waals surface area (Å²) in [7, 11) is 1.78. The van der Waals surface area contributed by atoms with Crippen LogP contribution in [-0.2, 0) is 0 Å². The number of para-hydroxylation sites is 1. The highest BCUT2D eigenvalue weighted by Crippen LogP contribution is 2.22. The SMILES string of the molecule is Cc1cccc(C(=O)N(C)CCN2CCNCC2)c1O. The molecule has 5 heteroatoms. The monoisotopic (exact) mass is 277 g/mol. The fourth-order valence-electron chi connectivity index (χ4n) is 2.36. The number of benzene rings is 1. The van der Waals surface area contributed by atoms with Gasteiger partial charge in [0.15, 0.2) is 0 Å². The molecule has 0 saturated carbocycles. The van der Waals surface area contributed by atoms with Crippen molar-refractivity contribution in [3.05, 3.63) is 29.3 Å². The summed E-state index contributed by atoms with van der Waals surface area (Å²) >= 11 is 0. The van der Waals surface area contributed by atoms with Gasteiger partial charge in [0, 0.05) is 46.3 Å². The van der Waals surface area contributed by atoms with Crippen LogP contribution in [0.5, 0.6) is 5.75 Å². The summed E-state index contributed by atoms with van der Waals surface area (Å²) in [4.78, 5) is 16.3. The number of aryl methyl sites for hydroxylation is 1. The molecule has 0 bridgehead atoms. The van der Waals surface area contributed by atoms with E-state index in [2.05, 4.69) is 10.2 Å². The third kappa shape index (κ3) is 3.49. The average molecular weight is 277 g/mol. The molecule has 5 nitrogen and oxygen atoms in total. The smallest absolute Gasteiger partial charge is 0.257 e. The van der Waals surface area contributed by atoms with Crippen LogP contribution in [0.25, 0.3) is 0 Å². The number of piperazine rings is 1. The van der Waals surface area contributed by atoms with E-state index in [1.54, 1.807) is 37.1 Å². The standard InChI is InChI=1S/C15H23N3O2/c1-12-4-3-5-13(14(12)19)15(20)17(2)10-11-18-8-6-16-7-9-18/h3-5,16,19H,6-11H2,1-2H3. The van der Waals surface area contributed by atoms with Crippen molar-refractivity contribution in [2.45, 2.75) is 6.92 Å². The number of aromatic hydroxyl groups is 1. The third-order valence-corrected chi connectivity index (χ3v) is 3.78. The Hall–Kier alpha value is -1.59. The lowest BCUT2D eigenvalue weighted by Gasteiger charge is -2.29. The lowest BCUT2D eigenvalue weighted by atomic mass is 10.1. The molecule has 1 amide bonds. The van der Waals surface area contributed by atoms with Gasteiger partial charge in [-0.2, -0.15) is 0 Å². The maximum Gasteiger partial charge on any atom is 0.257 e. The molecule has 0 atom stereocenters. The Bertz CT molecular complexity index is 470. The molecule has 1 aliphatic heterocycles. The number of carbonyl (C=O) groups is 1. The van der Waals surface area contributed by atoms with Crippen LogP contribution in [-0.4, -0.2) is 67.1 Å². The highest BCUT2D eigenvalue weighted by molar-refractivity contribution is 5.97. The molecule has 1 heterocycles. The molecule has 0 unspecified atom stereocenters. The van der Waals surface area contributed by atoms with Crippen molar-refractivity contribution < 1.29 is 9.90 Å². The quantitative estimate of drug-likeness (QED) is 0.850. The van der Waals surface area contributed by atoms with Gasteiger partial charge in [-0.05, 0) is 18.6 Å². The molecule has 0 aromatic heterocycles. The summed E-state index contributed by atoms with van der Waals surface area (Å²) in [5, 5.41) is 13.3. The third-order valence-electron chi connectivity index (χ3n) is 3.78. The van der Waals surface area contributed by atoms with Gasteiger partial charge in [-0.1, -0.05) is 12.1 Å². The van der Waals surface area contributed by atoms with Crippen molar-refractivity contribution in [3.8, 4) is 5.75 Å². The first kappa shape index (κ1) is 14.8. The predicted octanol–water partition coefficient (Wildman–Crippen LogP) is 0.678. The van der Waals surface area contributed by atoms with Gasteiger partial charge < -0.3 is 15.3 Å². The number of hydrogen-bond donors (Lipinski definition) is 2. The van der Waals surface area contributed by atoms with Crippen LogP contribution in [0.3, 0.4) is 0 Å². The Morgan fingerprint density at radius 2 is 2.10 bits per heavy atom. The fourth-order valence-corrected chi connectivity index (χ4v) is 2.36. The van der Waals surface area contributed by atoms with E-state index in [0.717, 1.165) is 38.3 Å². The van der Waals surface area contributed by atoms with E-state index in [0.29, 0.717) is 12.1 Å². The second kappa shape index (κ2) is 6.72. The van der Waals surface area contributed by atoms with E-state index in [4.69, 9.17) is 0 Å². The predicted molar refractivity (Wildman–Crippen MR) is 79.1 cm³/mol. The highest BCUT2D eigenvalue weighted by atomic mass is 16.3. The highest BCUT2D eigenvalue weighted by Gasteiger charge is 2.18. The minimum Gasteiger partial charge on any atom is -0.507 e. The van der Waals surface area contributed by atoms with Crippen LogP contribution >= 0.6 is 0 Å². The minimum absolute atomic E-state index is 0.0894. The molecule has 20 heavy (non-hydrogen) atoms. The molecule has 1 saturated heterocycles. The Morgan fingerprint density at radius 3 is 2.80 bits per heavy atom. The Balaban J connectivity index is 1.92. The van der Waals surface area contributed by atoms with Crippen LogP contribution in [0.2, 0.25) is 0 Å². The summed E-state index contributed by atoms with van der Waals surface area (Å²) in [6, 6.07) is 5.27. The maximum atomic E-state index is 12.3. The van der Waals surface area contributed by atoms with Crippen LogP contribution in [0.15, 0.2) is 18.2 Å². The normalized spacial score (nSPS) is 16.1. The molecular formula is C15H23N3O2. The van der Waals surface area contributed by atoms with Gasteiger partial charge in [0.2, 0.25) is 0 Å². The number of nitrogens with zero attached hydrogens (tertiary/aromatic N) is 2. The maximum absolute atomic E-state index is 12.3. The van der Waals surface area contributed by atoms with Crippen molar-refractivity contribution in [1.82, 2.24) is 15.1 Å². The molecule has 2 rings (SSSR count). The Kier molecular flexibility index (Phi) is 4.98. The molecule has 110 valence electrons. The van der Waals surface area contributed by atoms with Gasteiger partial charge >= 0.3 is 0 Å². The summed E-state index contributed by atoms with van der Waals surface area (Å²) < 4.78 is 0. The van der Waals surface area contributed by atoms with Crippen molar-refractivity contribution >= 4 is 5.91 Å². The van der Waals surface area contributed by atoms with Gasteiger partial charge in [-0.25, -0.2) is 0 Å². The van der Waals surface area contributed by atoms with Crippen molar-refractivity contribution in [1.29, 1.82) is 0 Å². The van der Waals surface area contributed by atoms with E-state index in [1.807, 2.05) is 0 Å². The lowest BCUT2D eigenvalue weighted by molar-refractivity contribution is 0.0771. The lowest BCUT2D eigenvalue weighted by Crippen LogP contribution is -2.46. The second-order valence-electron chi connectivity index (χ2n) is 5.29. The first-order chi connectivity index (χ1) is 9.59. The zero-order chi connectivity index (χ0) is 14.5. The molecule has 0 aliphatic carbocycles. The number of rotatable bonds is 4. The van der Waals surface area contributed by atoms with Crippen LogP contribution in [0.1, 0.15) is 15.9 Å². The number of amides is 1. The minimum atomic E-state index is -0.124. The molecular weight excluding hydrogens is 254 g/mol. The summed E-state index contributed by atoms with van der Waals surface area (Å²) in [5.74, 6) is -0.0344. The molecule has 0 radical (unpaired) electrons. The van der Waals surface area contributed by atoms with E-state index in [9.17, 15) is 9.90 Å². The first-order valence-corrected chi connectivity index (χ1v) is 7.06. The molecule has 1 fully saturated rings. The Labute approximate surface area is 120 Å². The first-order valence-electron chi connectivity index (χ1n) is 7.06. The molecule has 0 spiro atoms. The van der Waals surface area contributed by atoms with E-state index >= 15 is 0 Å². The van der Waals surface area contributed by atoms with Crippen LogP contribution < -0.4 is 5.32 Å². The Morgan fingerprint density at radius 1 is 1.40 bits per heavy atom. The molecule has 1 aromatic rings. The van der Waals surface area contributed by atoms with Gasteiger partial charge in [0.1, 0.15) is 5.75 Å². The summed E-state index contributed by atoms with van der Waals surface area (Å²) in [6.07, 6.45) is 0. The van der Waals surface area contributed by atoms with Crippen molar-refractivity contribution in [2.24, 2.45) is 0 Å². The van der Waals surface area contributed by atoms with Gasteiger partial charge in [0.05, 0.1) is 5.56 Å². The number of carbonyl (C=O) groups excluding carboxylic acids is 1. The van der Waals surface area contributed by atoms with E-state index in [1.165, 1.54) is 0 Å². The zero-order valence-electron chi connectivity index (χ0n) is 12.2. The second-order valence-corrected chi connectivity index (χ2v) is 5.29. The average Bonchev–Trinajstić information content (AvgIpc) is 2.48. The van der Waals surface area contributed by atoms with E-state index in [-0.39, 0.29) is 11.7 Å². The number of hydrogen-bond acceptors (Lipinski definition) is 4. The zero-order valence-corrected chi connectivity index (χ0v) is 12.2. The number of nitrogens with one attached hydrogen (secondary N) is 1. The van der Waals surface area contributed by atoms with E-state index < -0.39 is 0 Å². The largest absolute Gasteiger partial charge is 0.507 e. The van der Waals surface area contributed by atoms with Gasteiger partial charge in [-0.3, -0.25) is 9.69 Å². The number of likely N-dealkylation sites (N-methyl/N-ethyl adjacent to an activating group) is 1. The van der Waals surface area contributed by atoms with Gasteiger partial charge in [-0.15, -0.1) is 0 Å². The van der Waals surface area contributed by atoms with Crippen molar-refractivity contribution in [2.75, 3.05) is 46.3 Å². The van der Waals surface area contributed by atoms with Gasteiger partial charge in [0.25, 0.3) is 5.91 Å². The summed E-state index contributed by atoms with van der Waals surface area (Å²) in [6.45, 7) is 7.41. The summed E-state index contributed by atoms with van der Waals surface area (Å²) in [5.41, 5.74) is 1.11. The fraction of sp³-hybridized carbons (Fsp3) is 0.533.